The van der Waals surface area contributed by atoms with Crippen LogP contribution >= 0.6 is 0 Å². The highest BCUT2D eigenvalue weighted by molar-refractivity contribution is 7.90. The number of esters is 2. The average molecular weight is 523 g/mol. The van der Waals surface area contributed by atoms with Crippen molar-refractivity contribution in [1.82, 2.24) is 8.87 Å². The molecule has 2 aliphatic rings. The number of hydrogen-bond acceptors (Lipinski definition) is 7. The third-order valence-corrected chi connectivity index (χ3v) is 9.25. The molecule has 1 aliphatic carbocycles. The van der Waals surface area contributed by atoms with Gasteiger partial charge in [0.2, 0.25) is 0 Å². The van der Waals surface area contributed by atoms with Crippen LogP contribution in [0, 0.1) is 5.92 Å². The number of allylic oxidation sites excluding steroid dienone is 1. The number of piperidine rings is 1. The first-order valence-corrected chi connectivity index (χ1v) is 13.8. The summed E-state index contributed by atoms with van der Waals surface area (Å²) in [5.41, 5.74) is 2.89. The van der Waals surface area contributed by atoms with Crippen molar-refractivity contribution in [1.29, 1.82) is 0 Å². The quantitative estimate of drug-likeness (QED) is 0.356. The zero-order valence-corrected chi connectivity index (χ0v) is 21.9. The minimum atomic E-state index is -3.99. The van der Waals surface area contributed by atoms with Crippen LogP contribution in [0.5, 0.6) is 0 Å². The summed E-state index contributed by atoms with van der Waals surface area (Å²) < 4.78 is 40.3. The van der Waals surface area contributed by atoms with Crippen molar-refractivity contribution in [2.45, 2.75) is 37.1 Å². The highest BCUT2D eigenvalue weighted by atomic mass is 32.2. The van der Waals surface area contributed by atoms with Crippen LogP contribution in [0.2, 0.25) is 0 Å². The number of methoxy groups -OCH3 is 1. The number of rotatable bonds is 6. The summed E-state index contributed by atoms with van der Waals surface area (Å²) in [4.78, 5) is 27.1. The van der Waals surface area contributed by atoms with Crippen molar-refractivity contribution in [2.75, 3.05) is 26.8 Å². The van der Waals surface area contributed by atoms with Crippen molar-refractivity contribution in [2.24, 2.45) is 5.92 Å². The van der Waals surface area contributed by atoms with E-state index in [4.69, 9.17) is 9.47 Å². The number of carbonyl (C=O) groups is 2. The maximum atomic E-state index is 14.2. The molecule has 3 atom stereocenters. The molecule has 0 unspecified atom stereocenters. The Balaban J connectivity index is 1.80. The average Bonchev–Trinajstić information content (AvgIpc) is 3.25. The highest BCUT2D eigenvalue weighted by Crippen LogP contribution is 2.54. The van der Waals surface area contributed by atoms with Crippen LogP contribution in [0.15, 0.2) is 71.1 Å². The van der Waals surface area contributed by atoms with Gasteiger partial charge in [-0.1, -0.05) is 48.0 Å². The molecule has 1 aromatic heterocycles. The minimum absolute atomic E-state index is 0.126. The number of benzene rings is 2. The fraction of sp³-hybridized carbons (Fsp3) is 0.357. The lowest BCUT2D eigenvalue weighted by molar-refractivity contribution is -0.145. The Morgan fingerprint density at radius 3 is 2.46 bits per heavy atom. The topological polar surface area (TPSA) is 94.9 Å². The van der Waals surface area contributed by atoms with E-state index in [0.29, 0.717) is 36.3 Å². The molecule has 1 aliphatic heterocycles. The molecule has 2 aromatic carbocycles. The number of para-hydroxylation sites is 1. The molecule has 2 bridgehead atoms. The number of aromatic nitrogens is 1. The number of carbonyl (C=O) groups excluding carboxylic acids is 2. The number of ether oxygens (including phenoxy) is 2. The smallest absolute Gasteiger partial charge is 0.313 e. The number of nitrogens with zero attached hydrogens (tertiary/aromatic N) is 2. The summed E-state index contributed by atoms with van der Waals surface area (Å²) >= 11 is 0. The first-order chi connectivity index (χ1) is 17.8. The van der Waals surface area contributed by atoms with E-state index in [0.717, 1.165) is 11.0 Å². The maximum absolute atomic E-state index is 14.2. The molecule has 37 heavy (non-hydrogen) atoms. The van der Waals surface area contributed by atoms with Gasteiger partial charge in [0, 0.05) is 31.3 Å². The van der Waals surface area contributed by atoms with E-state index >= 15 is 0 Å². The van der Waals surface area contributed by atoms with Gasteiger partial charge in [0.25, 0.3) is 10.0 Å². The Bertz CT molecular complexity index is 1490. The number of hydrogen-bond donors (Lipinski definition) is 0. The molecule has 0 amide bonds. The van der Waals surface area contributed by atoms with Crippen LogP contribution < -0.4 is 0 Å². The van der Waals surface area contributed by atoms with Gasteiger partial charge in [-0.3, -0.25) is 14.5 Å². The molecule has 9 heteroatoms. The van der Waals surface area contributed by atoms with Crippen LogP contribution in [0.1, 0.15) is 43.5 Å². The van der Waals surface area contributed by atoms with Gasteiger partial charge in [0.15, 0.2) is 0 Å². The second-order valence-corrected chi connectivity index (χ2v) is 11.2. The van der Waals surface area contributed by atoms with E-state index in [-0.39, 0.29) is 35.4 Å². The Hall–Kier alpha value is -3.43. The summed E-state index contributed by atoms with van der Waals surface area (Å²) in [7, 11) is -2.62. The lowest BCUT2D eigenvalue weighted by Crippen LogP contribution is -2.47. The van der Waals surface area contributed by atoms with Crippen molar-refractivity contribution in [3.05, 3.63) is 77.5 Å². The normalized spacial score (nSPS) is 22.6. The third kappa shape index (κ3) is 4.16. The van der Waals surface area contributed by atoms with Crippen LogP contribution in [-0.2, 0) is 29.1 Å². The van der Waals surface area contributed by atoms with E-state index < -0.39 is 15.9 Å². The predicted molar refractivity (Wildman–Crippen MR) is 139 cm³/mol. The van der Waals surface area contributed by atoms with Crippen LogP contribution in [0.25, 0.3) is 10.9 Å². The van der Waals surface area contributed by atoms with E-state index in [9.17, 15) is 18.0 Å². The van der Waals surface area contributed by atoms with Gasteiger partial charge < -0.3 is 9.47 Å². The molecule has 1 fully saturated rings. The molecule has 0 spiro atoms. The van der Waals surface area contributed by atoms with Gasteiger partial charge in [0.05, 0.1) is 35.2 Å². The summed E-state index contributed by atoms with van der Waals surface area (Å²) in [6.07, 6.45) is 2.58. The summed E-state index contributed by atoms with van der Waals surface area (Å²) in [5, 5.41) is 0.722. The SMILES string of the molecule is C/C=C1/CN(CCOC(C)=O)[C@H]2C[C@@H]1[C@H](C(=O)OC)c1c2n(S(=O)(=O)c2ccccc2)c2ccccc12. The summed E-state index contributed by atoms with van der Waals surface area (Å²) in [6, 6.07) is 15.4. The maximum Gasteiger partial charge on any atom is 0.313 e. The van der Waals surface area contributed by atoms with Crippen LogP contribution in [0.4, 0.5) is 0 Å². The van der Waals surface area contributed by atoms with E-state index in [1.165, 1.54) is 18.0 Å². The Kier molecular flexibility index (Phi) is 6.68. The number of fused-ring (bicyclic) bond motifs is 6. The van der Waals surface area contributed by atoms with E-state index in [1.807, 2.05) is 25.1 Å². The van der Waals surface area contributed by atoms with Gasteiger partial charge in [-0.05, 0) is 37.1 Å². The van der Waals surface area contributed by atoms with Crippen LogP contribution in [-0.4, -0.2) is 56.0 Å². The molecule has 0 saturated carbocycles. The van der Waals surface area contributed by atoms with Crippen molar-refractivity contribution in [3.63, 3.8) is 0 Å². The van der Waals surface area contributed by atoms with Crippen LogP contribution in [0.3, 0.4) is 0 Å². The fourth-order valence-corrected chi connectivity index (χ4v) is 7.56. The van der Waals surface area contributed by atoms with Crippen molar-refractivity contribution < 1.29 is 27.5 Å². The van der Waals surface area contributed by atoms with Gasteiger partial charge in [0.1, 0.15) is 6.61 Å². The number of likely N-dealkylation sites (tertiary alicyclic amines) is 1. The van der Waals surface area contributed by atoms with Gasteiger partial charge in [-0.25, -0.2) is 12.4 Å². The highest BCUT2D eigenvalue weighted by Gasteiger charge is 2.50. The predicted octanol–water partition coefficient (Wildman–Crippen LogP) is 4.02. The lowest BCUT2D eigenvalue weighted by Gasteiger charge is -2.47. The Morgan fingerprint density at radius 1 is 1.08 bits per heavy atom. The van der Waals surface area contributed by atoms with Crippen molar-refractivity contribution >= 4 is 32.9 Å². The lowest BCUT2D eigenvalue weighted by atomic mass is 9.68. The Labute approximate surface area is 216 Å². The standard InChI is InChI=1S/C28H30N2O6S/c1-4-19-17-29(14-15-36-18(2)31)24-16-22(19)26(28(32)35-3)25-21-12-8-9-13-23(21)30(27(24)25)37(33,34)20-10-6-5-7-11-20/h4-13,22,24,26H,14-17H2,1-3H3/b19-4-/t22-,24-,26-/m0/s1. The zero-order valence-electron chi connectivity index (χ0n) is 21.1. The monoisotopic (exact) mass is 522 g/mol. The molecule has 3 aromatic rings. The van der Waals surface area contributed by atoms with Gasteiger partial charge in [-0.15, -0.1) is 0 Å². The molecule has 194 valence electrons. The van der Waals surface area contributed by atoms with E-state index in [1.54, 1.807) is 42.5 Å². The molecule has 0 radical (unpaired) electrons. The summed E-state index contributed by atoms with van der Waals surface area (Å²) in [6.45, 7) is 4.48. The molecule has 8 nitrogen and oxygen atoms in total. The molecule has 0 N–H and O–H groups in total. The molecule has 2 heterocycles. The van der Waals surface area contributed by atoms with E-state index in [2.05, 4.69) is 4.90 Å². The molecule has 5 rings (SSSR count). The molecular formula is C28H30N2O6S. The second kappa shape index (κ2) is 9.79. The van der Waals surface area contributed by atoms with Gasteiger partial charge in [-0.2, -0.15) is 0 Å². The van der Waals surface area contributed by atoms with Crippen molar-refractivity contribution in [3.8, 4) is 0 Å². The summed E-state index contributed by atoms with van der Waals surface area (Å²) in [5.74, 6) is -1.50. The first kappa shape index (κ1) is 25.2. The van der Waals surface area contributed by atoms with Gasteiger partial charge >= 0.3 is 11.9 Å². The molecule has 1 saturated heterocycles. The molecular weight excluding hydrogens is 492 g/mol. The zero-order chi connectivity index (χ0) is 26.3. The minimum Gasteiger partial charge on any atom is -0.469 e. The second-order valence-electron chi connectivity index (χ2n) is 9.43. The first-order valence-electron chi connectivity index (χ1n) is 12.3. The Morgan fingerprint density at radius 2 is 1.78 bits per heavy atom. The fourth-order valence-electron chi connectivity index (χ4n) is 5.95. The largest absolute Gasteiger partial charge is 0.469 e. The third-order valence-electron chi connectivity index (χ3n) is 7.51.